The van der Waals surface area contributed by atoms with Gasteiger partial charge in [-0.3, -0.25) is 0 Å². The Kier molecular flexibility index (Phi) is 5.68. The lowest BCUT2D eigenvalue weighted by Gasteiger charge is -2.07. The molecule has 0 fully saturated rings. The van der Waals surface area contributed by atoms with Crippen LogP contribution in [0.2, 0.25) is 5.15 Å². The summed E-state index contributed by atoms with van der Waals surface area (Å²) in [5, 5.41) is 16.4. The summed E-state index contributed by atoms with van der Waals surface area (Å²) < 4.78 is 15.6. The largest absolute Gasteiger partial charge is 0.368 e. The number of hydrogen-bond donors (Lipinski definition) is 1. The number of thioether (sulfide) groups is 1. The van der Waals surface area contributed by atoms with Gasteiger partial charge in [0, 0.05) is 24.2 Å². The lowest BCUT2D eigenvalue weighted by atomic mass is 10.2. The molecule has 0 unspecified atom stereocenters. The minimum Gasteiger partial charge on any atom is -0.368 e. The smallest absolute Gasteiger partial charge is 0.188 e. The molecule has 0 atom stereocenters. The average Bonchev–Trinajstić information content (AvgIpc) is 3.11. The summed E-state index contributed by atoms with van der Waals surface area (Å²) in [5.74, 6) is 2.45. The van der Waals surface area contributed by atoms with Gasteiger partial charge in [-0.15, -0.1) is 15.3 Å². The van der Waals surface area contributed by atoms with Crippen LogP contribution in [-0.4, -0.2) is 37.1 Å². The van der Waals surface area contributed by atoms with Gasteiger partial charge >= 0.3 is 0 Å². The number of aromatic nitrogens is 5. The summed E-state index contributed by atoms with van der Waals surface area (Å²) in [6.07, 6.45) is 1.71. The number of nitrogens with zero attached hydrogens (tertiary/aromatic N) is 5. The number of anilines is 1. The van der Waals surface area contributed by atoms with Crippen molar-refractivity contribution < 1.29 is 4.39 Å². The number of nitrogens with one attached hydrogen (secondary N) is 1. The highest BCUT2D eigenvalue weighted by Crippen LogP contribution is 2.21. The van der Waals surface area contributed by atoms with Crippen molar-refractivity contribution in [2.24, 2.45) is 0 Å². The lowest BCUT2D eigenvalue weighted by molar-refractivity contribution is 0.629. The standard InChI is InChI=1S/C19H16ClFN6S/c20-16-11-13(7-8-22-16)12-28-10-9-23-17-5-6-18-24-25-19(27(18)26-17)14-3-1-2-4-15(14)21/h1-8,11H,9-10,12H2,(H,23,26). The van der Waals surface area contributed by atoms with Gasteiger partial charge in [-0.25, -0.2) is 9.37 Å². The lowest BCUT2D eigenvalue weighted by Crippen LogP contribution is -2.08. The van der Waals surface area contributed by atoms with Crippen LogP contribution in [0.1, 0.15) is 5.56 Å². The van der Waals surface area contributed by atoms with Crippen molar-refractivity contribution >= 4 is 34.8 Å². The van der Waals surface area contributed by atoms with Crippen LogP contribution in [0.5, 0.6) is 0 Å². The Bertz CT molecular complexity index is 1100. The van der Waals surface area contributed by atoms with E-state index in [4.69, 9.17) is 11.6 Å². The molecule has 1 aromatic carbocycles. The van der Waals surface area contributed by atoms with E-state index in [9.17, 15) is 4.39 Å². The van der Waals surface area contributed by atoms with Gasteiger partial charge in [0.05, 0.1) is 5.56 Å². The van der Waals surface area contributed by atoms with Crippen molar-refractivity contribution in [1.29, 1.82) is 0 Å². The number of pyridine rings is 1. The van der Waals surface area contributed by atoms with E-state index in [2.05, 4.69) is 25.6 Å². The van der Waals surface area contributed by atoms with E-state index in [1.807, 2.05) is 18.2 Å². The van der Waals surface area contributed by atoms with Gasteiger partial charge in [0.25, 0.3) is 0 Å². The second-order valence-electron chi connectivity index (χ2n) is 5.96. The Morgan fingerprint density at radius 2 is 2.00 bits per heavy atom. The second-order valence-corrected chi connectivity index (χ2v) is 7.45. The van der Waals surface area contributed by atoms with Gasteiger partial charge in [-0.2, -0.15) is 16.3 Å². The van der Waals surface area contributed by atoms with E-state index in [1.54, 1.807) is 46.7 Å². The fraction of sp³-hybridized carbons (Fsp3) is 0.158. The average molecular weight is 415 g/mol. The third-order valence-corrected chi connectivity index (χ3v) is 5.23. The maximum absolute atomic E-state index is 14.1. The summed E-state index contributed by atoms with van der Waals surface area (Å²) in [6.45, 7) is 0.735. The molecule has 1 N–H and O–H groups in total. The minimum absolute atomic E-state index is 0.357. The van der Waals surface area contributed by atoms with Crippen molar-refractivity contribution in [3.8, 4) is 11.4 Å². The molecule has 0 aliphatic heterocycles. The predicted octanol–water partition coefficient (Wildman–Crippen LogP) is 4.32. The molecule has 0 aliphatic carbocycles. The third kappa shape index (κ3) is 4.23. The molecule has 0 radical (unpaired) electrons. The molecule has 0 saturated carbocycles. The molecular weight excluding hydrogens is 399 g/mol. The molecule has 3 heterocycles. The van der Waals surface area contributed by atoms with Crippen molar-refractivity contribution in [3.05, 3.63) is 71.3 Å². The van der Waals surface area contributed by atoms with Crippen LogP contribution < -0.4 is 5.32 Å². The number of benzene rings is 1. The maximum Gasteiger partial charge on any atom is 0.188 e. The molecule has 0 spiro atoms. The zero-order valence-electron chi connectivity index (χ0n) is 14.7. The number of hydrogen-bond acceptors (Lipinski definition) is 6. The maximum atomic E-state index is 14.1. The van der Waals surface area contributed by atoms with Crippen LogP contribution in [-0.2, 0) is 5.75 Å². The van der Waals surface area contributed by atoms with Gasteiger partial charge in [0.15, 0.2) is 11.5 Å². The molecule has 4 rings (SSSR count). The first kappa shape index (κ1) is 18.6. The van der Waals surface area contributed by atoms with E-state index in [-0.39, 0.29) is 5.82 Å². The molecular formula is C19H16ClFN6S. The second kappa shape index (κ2) is 8.53. The van der Waals surface area contributed by atoms with Crippen LogP contribution in [0.25, 0.3) is 17.0 Å². The van der Waals surface area contributed by atoms with E-state index < -0.39 is 0 Å². The molecule has 0 saturated heterocycles. The van der Waals surface area contributed by atoms with Gasteiger partial charge in [-0.05, 0) is 42.0 Å². The summed E-state index contributed by atoms with van der Waals surface area (Å²) in [7, 11) is 0. The summed E-state index contributed by atoms with van der Waals surface area (Å²) in [4.78, 5) is 3.98. The Morgan fingerprint density at radius 3 is 2.86 bits per heavy atom. The third-order valence-electron chi connectivity index (χ3n) is 3.99. The van der Waals surface area contributed by atoms with Crippen LogP contribution in [0.3, 0.4) is 0 Å². The van der Waals surface area contributed by atoms with Crippen molar-refractivity contribution in [2.75, 3.05) is 17.6 Å². The molecule has 3 aromatic heterocycles. The quantitative estimate of drug-likeness (QED) is 0.358. The molecule has 6 nitrogen and oxygen atoms in total. The van der Waals surface area contributed by atoms with Crippen LogP contribution in [0, 0.1) is 5.82 Å². The molecule has 0 bridgehead atoms. The van der Waals surface area contributed by atoms with Crippen LogP contribution >= 0.6 is 23.4 Å². The van der Waals surface area contributed by atoms with Crippen molar-refractivity contribution in [3.63, 3.8) is 0 Å². The normalized spacial score (nSPS) is 11.1. The Labute approximate surface area is 170 Å². The highest BCUT2D eigenvalue weighted by Gasteiger charge is 2.13. The van der Waals surface area contributed by atoms with Gasteiger partial charge < -0.3 is 5.32 Å². The van der Waals surface area contributed by atoms with Crippen molar-refractivity contribution in [2.45, 2.75) is 5.75 Å². The predicted molar refractivity (Wildman–Crippen MR) is 110 cm³/mol. The fourth-order valence-corrected chi connectivity index (χ4v) is 3.67. The Morgan fingerprint density at radius 1 is 1.11 bits per heavy atom. The van der Waals surface area contributed by atoms with Crippen LogP contribution in [0.15, 0.2) is 54.7 Å². The number of rotatable bonds is 7. The topological polar surface area (TPSA) is 68.0 Å². The number of halogens is 2. The first-order valence-electron chi connectivity index (χ1n) is 8.60. The number of fused-ring (bicyclic) bond motifs is 1. The fourth-order valence-electron chi connectivity index (χ4n) is 2.67. The van der Waals surface area contributed by atoms with E-state index in [0.29, 0.717) is 28.0 Å². The molecule has 9 heteroatoms. The first-order valence-corrected chi connectivity index (χ1v) is 10.1. The van der Waals surface area contributed by atoms with Crippen LogP contribution in [0.4, 0.5) is 10.2 Å². The summed E-state index contributed by atoms with van der Waals surface area (Å²) in [5.41, 5.74) is 2.07. The highest BCUT2D eigenvalue weighted by atomic mass is 35.5. The zero-order valence-corrected chi connectivity index (χ0v) is 16.3. The molecule has 0 aliphatic rings. The van der Waals surface area contributed by atoms with Gasteiger partial charge in [0.2, 0.25) is 0 Å². The van der Waals surface area contributed by atoms with Crippen molar-refractivity contribution in [1.82, 2.24) is 24.8 Å². The van der Waals surface area contributed by atoms with E-state index in [0.717, 1.165) is 23.6 Å². The zero-order chi connectivity index (χ0) is 19.3. The summed E-state index contributed by atoms with van der Waals surface area (Å²) in [6, 6.07) is 13.9. The highest BCUT2D eigenvalue weighted by molar-refractivity contribution is 7.98. The molecule has 142 valence electrons. The monoisotopic (exact) mass is 414 g/mol. The molecule has 0 amide bonds. The van der Waals surface area contributed by atoms with E-state index >= 15 is 0 Å². The van der Waals surface area contributed by atoms with E-state index in [1.165, 1.54) is 6.07 Å². The molecule has 4 aromatic rings. The Balaban J connectivity index is 1.39. The Hall–Kier alpha value is -2.71. The molecule has 28 heavy (non-hydrogen) atoms. The van der Waals surface area contributed by atoms with Gasteiger partial charge in [0.1, 0.15) is 16.8 Å². The minimum atomic E-state index is -0.357. The summed E-state index contributed by atoms with van der Waals surface area (Å²) >= 11 is 7.68. The SMILES string of the molecule is Fc1ccccc1-c1nnc2ccc(NCCSCc3ccnc(Cl)c3)nn12. The van der Waals surface area contributed by atoms with Gasteiger partial charge in [-0.1, -0.05) is 23.7 Å². The first-order chi connectivity index (χ1) is 13.7.